The average Bonchev–Trinajstić information content (AvgIpc) is 2.44. The third kappa shape index (κ3) is 3.54. The maximum absolute atomic E-state index is 13.0. The van der Waals surface area contributed by atoms with Crippen LogP contribution < -0.4 is 11.1 Å². The van der Waals surface area contributed by atoms with Crippen molar-refractivity contribution in [3.8, 4) is 0 Å². The molecule has 0 aliphatic carbocycles. The zero-order valence-electron chi connectivity index (χ0n) is 10.7. The molecular formula is C15H14F2N2O. The molecule has 0 aliphatic rings. The van der Waals surface area contributed by atoms with Crippen LogP contribution in [0.4, 0.5) is 14.5 Å². The van der Waals surface area contributed by atoms with Crippen LogP contribution in [-0.4, -0.2) is 12.5 Å². The molecule has 0 aromatic heterocycles. The summed E-state index contributed by atoms with van der Waals surface area (Å²) < 4.78 is 25.7. The number of amides is 1. The lowest BCUT2D eigenvalue weighted by molar-refractivity contribution is 0.0954. The SMILES string of the molecule is Nc1cc(C(=O)NCCc2ccc(F)cc2)ccc1F. The lowest BCUT2D eigenvalue weighted by Crippen LogP contribution is -2.25. The second-order valence-corrected chi connectivity index (χ2v) is 4.37. The standard InChI is InChI=1S/C15H14F2N2O/c16-12-4-1-10(2-5-12)7-8-19-15(20)11-3-6-13(17)14(18)9-11/h1-6,9H,7-8,18H2,(H,19,20). The van der Waals surface area contributed by atoms with Gasteiger partial charge in [-0.1, -0.05) is 12.1 Å². The first kappa shape index (κ1) is 14.0. The Balaban J connectivity index is 1.88. The molecule has 104 valence electrons. The molecule has 0 atom stereocenters. The summed E-state index contributed by atoms with van der Waals surface area (Å²) in [6.07, 6.45) is 0.586. The quantitative estimate of drug-likeness (QED) is 0.843. The van der Waals surface area contributed by atoms with E-state index in [0.29, 0.717) is 18.5 Å². The number of nitrogens with one attached hydrogen (secondary N) is 1. The Labute approximate surface area is 115 Å². The second kappa shape index (κ2) is 6.14. The van der Waals surface area contributed by atoms with E-state index in [-0.39, 0.29) is 17.4 Å². The van der Waals surface area contributed by atoms with Crippen LogP contribution in [-0.2, 0) is 6.42 Å². The summed E-state index contributed by atoms with van der Waals surface area (Å²) in [5.74, 6) is -1.16. The number of rotatable bonds is 4. The van der Waals surface area contributed by atoms with Gasteiger partial charge in [0.25, 0.3) is 5.91 Å². The Kier molecular flexibility index (Phi) is 4.30. The zero-order valence-corrected chi connectivity index (χ0v) is 10.7. The normalized spacial score (nSPS) is 10.3. The fourth-order valence-electron chi connectivity index (χ4n) is 1.76. The van der Waals surface area contributed by atoms with Gasteiger partial charge in [0.05, 0.1) is 5.69 Å². The molecule has 3 N–H and O–H groups in total. The minimum Gasteiger partial charge on any atom is -0.396 e. The molecule has 0 unspecified atom stereocenters. The van der Waals surface area contributed by atoms with Crippen molar-refractivity contribution >= 4 is 11.6 Å². The number of hydrogen-bond acceptors (Lipinski definition) is 2. The van der Waals surface area contributed by atoms with Crippen molar-refractivity contribution in [3.63, 3.8) is 0 Å². The highest BCUT2D eigenvalue weighted by molar-refractivity contribution is 5.95. The van der Waals surface area contributed by atoms with Gasteiger partial charge in [-0.25, -0.2) is 8.78 Å². The lowest BCUT2D eigenvalue weighted by atomic mass is 10.1. The van der Waals surface area contributed by atoms with E-state index in [4.69, 9.17) is 5.73 Å². The number of carbonyl (C=O) groups excluding carboxylic acids is 1. The van der Waals surface area contributed by atoms with Crippen molar-refractivity contribution in [1.82, 2.24) is 5.32 Å². The minimum absolute atomic E-state index is 0.0591. The number of nitrogen functional groups attached to an aromatic ring is 1. The first-order valence-electron chi connectivity index (χ1n) is 6.14. The molecule has 1 amide bonds. The molecule has 5 heteroatoms. The van der Waals surface area contributed by atoms with Crippen molar-refractivity contribution < 1.29 is 13.6 Å². The van der Waals surface area contributed by atoms with E-state index in [0.717, 1.165) is 11.6 Å². The van der Waals surface area contributed by atoms with Gasteiger partial charge in [0, 0.05) is 12.1 Å². The van der Waals surface area contributed by atoms with Crippen LogP contribution >= 0.6 is 0 Å². The maximum atomic E-state index is 13.0. The van der Waals surface area contributed by atoms with E-state index in [1.54, 1.807) is 12.1 Å². The molecule has 3 nitrogen and oxygen atoms in total. The Bertz CT molecular complexity index is 612. The van der Waals surface area contributed by atoms with Crippen LogP contribution in [0.3, 0.4) is 0 Å². The zero-order chi connectivity index (χ0) is 14.5. The Hall–Kier alpha value is -2.43. The highest BCUT2D eigenvalue weighted by Gasteiger charge is 2.07. The number of nitrogens with two attached hydrogens (primary N) is 1. The van der Waals surface area contributed by atoms with Crippen molar-refractivity contribution in [1.29, 1.82) is 0 Å². The number of benzene rings is 2. The fraction of sp³-hybridized carbons (Fsp3) is 0.133. The maximum Gasteiger partial charge on any atom is 0.251 e. The van der Waals surface area contributed by atoms with E-state index in [9.17, 15) is 13.6 Å². The van der Waals surface area contributed by atoms with Crippen molar-refractivity contribution in [2.45, 2.75) is 6.42 Å². The van der Waals surface area contributed by atoms with Gasteiger partial charge >= 0.3 is 0 Å². The van der Waals surface area contributed by atoms with Crippen LogP contribution in [0.2, 0.25) is 0 Å². The predicted octanol–water partition coefficient (Wildman–Crippen LogP) is 2.52. The third-order valence-electron chi connectivity index (χ3n) is 2.87. The summed E-state index contributed by atoms with van der Waals surface area (Å²) in [6.45, 7) is 0.405. The Morgan fingerprint density at radius 3 is 2.45 bits per heavy atom. The number of halogens is 2. The Morgan fingerprint density at radius 1 is 1.10 bits per heavy atom. The van der Waals surface area contributed by atoms with Crippen molar-refractivity contribution in [2.24, 2.45) is 0 Å². The molecule has 0 spiro atoms. The van der Waals surface area contributed by atoms with Crippen LogP contribution in [0.1, 0.15) is 15.9 Å². The molecule has 0 radical (unpaired) electrons. The van der Waals surface area contributed by atoms with E-state index < -0.39 is 5.82 Å². The largest absolute Gasteiger partial charge is 0.396 e. The highest BCUT2D eigenvalue weighted by Crippen LogP contribution is 2.12. The summed E-state index contributed by atoms with van der Waals surface area (Å²) in [5.41, 5.74) is 6.57. The van der Waals surface area contributed by atoms with Gasteiger partial charge in [0.2, 0.25) is 0 Å². The van der Waals surface area contributed by atoms with Gasteiger partial charge < -0.3 is 11.1 Å². The smallest absolute Gasteiger partial charge is 0.251 e. The van der Waals surface area contributed by atoms with Gasteiger partial charge in [0.15, 0.2) is 0 Å². The summed E-state index contributed by atoms with van der Waals surface area (Å²) >= 11 is 0. The summed E-state index contributed by atoms with van der Waals surface area (Å²) in [7, 11) is 0. The van der Waals surface area contributed by atoms with E-state index >= 15 is 0 Å². The van der Waals surface area contributed by atoms with Gasteiger partial charge in [0.1, 0.15) is 11.6 Å². The van der Waals surface area contributed by atoms with E-state index in [2.05, 4.69) is 5.32 Å². The molecule has 0 saturated carbocycles. The molecule has 2 aromatic rings. The molecule has 0 aliphatic heterocycles. The molecule has 0 heterocycles. The van der Waals surface area contributed by atoms with E-state index in [1.807, 2.05) is 0 Å². The molecule has 0 saturated heterocycles. The third-order valence-corrected chi connectivity index (χ3v) is 2.87. The number of hydrogen-bond donors (Lipinski definition) is 2. The van der Waals surface area contributed by atoms with Crippen molar-refractivity contribution in [2.75, 3.05) is 12.3 Å². The Morgan fingerprint density at radius 2 is 1.80 bits per heavy atom. The highest BCUT2D eigenvalue weighted by atomic mass is 19.1. The molecule has 2 rings (SSSR count). The second-order valence-electron chi connectivity index (χ2n) is 4.37. The van der Waals surface area contributed by atoms with Crippen LogP contribution in [0.5, 0.6) is 0 Å². The molecule has 2 aromatic carbocycles. The lowest BCUT2D eigenvalue weighted by Gasteiger charge is -2.06. The molecule has 0 fully saturated rings. The minimum atomic E-state index is -0.548. The molecule has 0 bridgehead atoms. The summed E-state index contributed by atoms with van der Waals surface area (Å²) in [4.78, 5) is 11.8. The first-order valence-corrected chi connectivity index (χ1v) is 6.14. The van der Waals surface area contributed by atoms with Gasteiger partial charge in [-0.05, 0) is 42.3 Å². The van der Waals surface area contributed by atoms with Gasteiger partial charge in [-0.15, -0.1) is 0 Å². The topological polar surface area (TPSA) is 55.1 Å². The van der Waals surface area contributed by atoms with E-state index in [1.165, 1.54) is 24.3 Å². The fourth-order valence-corrected chi connectivity index (χ4v) is 1.76. The van der Waals surface area contributed by atoms with Crippen LogP contribution in [0.25, 0.3) is 0 Å². The predicted molar refractivity (Wildman–Crippen MR) is 73.2 cm³/mol. The molecular weight excluding hydrogens is 262 g/mol. The van der Waals surface area contributed by atoms with Crippen LogP contribution in [0.15, 0.2) is 42.5 Å². The van der Waals surface area contributed by atoms with Crippen LogP contribution in [0, 0.1) is 11.6 Å². The summed E-state index contributed by atoms with van der Waals surface area (Å²) in [6, 6.07) is 9.90. The number of anilines is 1. The average molecular weight is 276 g/mol. The van der Waals surface area contributed by atoms with Gasteiger partial charge in [-0.3, -0.25) is 4.79 Å². The molecule has 20 heavy (non-hydrogen) atoms. The van der Waals surface area contributed by atoms with Gasteiger partial charge in [-0.2, -0.15) is 0 Å². The monoisotopic (exact) mass is 276 g/mol. The number of carbonyl (C=O) groups is 1. The van der Waals surface area contributed by atoms with Crippen molar-refractivity contribution in [3.05, 3.63) is 65.2 Å². The summed E-state index contributed by atoms with van der Waals surface area (Å²) in [5, 5.41) is 2.70. The first-order chi connectivity index (χ1) is 9.56.